The van der Waals surface area contributed by atoms with E-state index in [4.69, 9.17) is 0 Å². The van der Waals surface area contributed by atoms with Crippen molar-refractivity contribution in [3.05, 3.63) is 69.8 Å². The van der Waals surface area contributed by atoms with E-state index in [1.54, 1.807) is 22.8 Å². The molecule has 1 fully saturated rings. The maximum atomic E-state index is 13.7. The summed E-state index contributed by atoms with van der Waals surface area (Å²) in [7, 11) is 1.50. The molecule has 0 aliphatic carbocycles. The van der Waals surface area contributed by atoms with Crippen molar-refractivity contribution in [2.24, 2.45) is 5.73 Å². The average molecular weight is 396 g/mol. The first kappa shape index (κ1) is 20.7. The summed E-state index contributed by atoms with van der Waals surface area (Å²) in [5.74, 6) is 0.117. The van der Waals surface area contributed by atoms with Crippen LogP contribution in [-0.4, -0.2) is 36.0 Å². The van der Waals surface area contributed by atoms with Gasteiger partial charge in [-0.3, -0.25) is 14.2 Å². The number of aromatic nitrogens is 2. The van der Waals surface area contributed by atoms with Gasteiger partial charge in [-0.25, -0.2) is 9.37 Å². The Hall–Kier alpha value is -3.06. The number of hydrogen-bond donors (Lipinski definition) is 1. The molecule has 7 heteroatoms. The number of halogens is 1. The largest absolute Gasteiger partial charge is 0.342 e. The van der Waals surface area contributed by atoms with Crippen LogP contribution in [-0.2, 0) is 6.54 Å². The molecule has 0 amide bonds. The molecule has 3 aromatic rings. The fourth-order valence-electron chi connectivity index (χ4n) is 3.62. The molecule has 2 heterocycles. The van der Waals surface area contributed by atoms with Crippen molar-refractivity contribution in [1.29, 1.82) is 0 Å². The first-order valence-corrected chi connectivity index (χ1v) is 9.73. The predicted octanol–water partition coefficient (Wildman–Crippen LogP) is 2.96. The summed E-state index contributed by atoms with van der Waals surface area (Å²) >= 11 is 0. The minimum atomic E-state index is -0.466. The van der Waals surface area contributed by atoms with Crippen LogP contribution in [0.25, 0.3) is 10.9 Å². The standard InChI is InChI=1S/C21H20FN3O2.CH5N/c22-17-8-9-19-18(12-17)20(27)25(13-15-6-2-3-7-16(15)14-26)21(23-19)24-10-4-1-5-11-24;1-2/h2-3,6-9,12,14H,1,4-5,10-11,13H2;2H2,1H3. The van der Waals surface area contributed by atoms with Crippen LogP contribution in [0.2, 0.25) is 0 Å². The zero-order valence-electron chi connectivity index (χ0n) is 16.5. The van der Waals surface area contributed by atoms with Crippen molar-refractivity contribution in [2.75, 3.05) is 25.0 Å². The number of hydrogen-bond acceptors (Lipinski definition) is 5. The van der Waals surface area contributed by atoms with Crippen LogP contribution in [0.15, 0.2) is 47.3 Å². The van der Waals surface area contributed by atoms with Crippen molar-refractivity contribution < 1.29 is 9.18 Å². The Morgan fingerprint density at radius 1 is 1.10 bits per heavy atom. The molecule has 1 aliphatic heterocycles. The highest BCUT2D eigenvalue weighted by atomic mass is 19.1. The van der Waals surface area contributed by atoms with Crippen molar-refractivity contribution in [2.45, 2.75) is 25.8 Å². The lowest BCUT2D eigenvalue weighted by Gasteiger charge is -2.30. The molecule has 1 aromatic heterocycles. The topological polar surface area (TPSA) is 81.2 Å². The number of nitrogens with zero attached hydrogens (tertiary/aromatic N) is 3. The second-order valence-electron chi connectivity index (χ2n) is 6.83. The third-order valence-electron chi connectivity index (χ3n) is 5.05. The van der Waals surface area contributed by atoms with Gasteiger partial charge in [0.1, 0.15) is 12.1 Å². The number of carbonyl (C=O) groups is 1. The van der Waals surface area contributed by atoms with E-state index >= 15 is 0 Å². The first-order valence-electron chi connectivity index (χ1n) is 9.73. The van der Waals surface area contributed by atoms with Gasteiger partial charge < -0.3 is 10.6 Å². The van der Waals surface area contributed by atoms with Crippen molar-refractivity contribution in [1.82, 2.24) is 9.55 Å². The Bertz CT molecular complexity index is 1060. The lowest BCUT2D eigenvalue weighted by atomic mass is 10.1. The number of piperidine rings is 1. The highest BCUT2D eigenvalue weighted by molar-refractivity contribution is 5.79. The molecule has 1 saturated heterocycles. The van der Waals surface area contributed by atoms with E-state index in [1.807, 2.05) is 12.1 Å². The molecule has 152 valence electrons. The number of carbonyl (C=O) groups excluding carboxylic acids is 1. The molecule has 0 unspecified atom stereocenters. The van der Waals surface area contributed by atoms with Gasteiger partial charge in [0.05, 0.1) is 17.4 Å². The van der Waals surface area contributed by atoms with Crippen molar-refractivity contribution in [3.63, 3.8) is 0 Å². The summed E-state index contributed by atoms with van der Waals surface area (Å²) in [6, 6.07) is 11.3. The van der Waals surface area contributed by atoms with Gasteiger partial charge in [0, 0.05) is 18.7 Å². The zero-order valence-corrected chi connectivity index (χ0v) is 16.5. The molecule has 0 atom stereocenters. The summed E-state index contributed by atoms with van der Waals surface area (Å²) in [6.45, 7) is 1.88. The van der Waals surface area contributed by atoms with Gasteiger partial charge in [-0.05, 0) is 50.1 Å². The van der Waals surface area contributed by atoms with E-state index in [0.717, 1.165) is 44.2 Å². The Morgan fingerprint density at radius 3 is 2.55 bits per heavy atom. The molecule has 0 spiro atoms. The number of aldehydes is 1. The van der Waals surface area contributed by atoms with Crippen molar-refractivity contribution in [3.8, 4) is 0 Å². The van der Waals surface area contributed by atoms with E-state index in [0.29, 0.717) is 17.0 Å². The molecule has 2 N–H and O–H groups in total. The molecule has 6 nitrogen and oxygen atoms in total. The third kappa shape index (κ3) is 4.35. The molecular formula is C22H25FN4O2. The summed E-state index contributed by atoms with van der Waals surface area (Å²) in [4.78, 5) is 31.4. The van der Waals surface area contributed by atoms with Gasteiger partial charge in [0.2, 0.25) is 5.95 Å². The summed E-state index contributed by atoms with van der Waals surface area (Å²) in [6.07, 6.45) is 4.03. The molecule has 1 aliphatic rings. The fourth-order valence-corrected chi connectivity index (χ4v) is 3.62. The average Bonchev–Trinajstić information content (AvgIpc) is 2.78. The van der Waals surface area contributed by atoms with Gasteiger partial charge in [-0.1, -0.05) is 24.3 Å². The minimum Gasteiger partial charge on any atom is -0.342 e. The highest BCUT2D eigenvalue weighted by Crippen LogP contribution is 2.21. The van der Waals surface area contributed by atoms with E-state index < -0.39 is 5.82 Å². The number of fused-ring (bicyclic) bond motifs is 1. The van der Waals surface area contributed by atoms with E-state index in [9.17, 15) is 14.0 Å². The van der Waals surface area contributed by atoms with E-state index in [2.05, 4.69) is 15.6 Å². The summed E-state index contributed by atoms with van der Waals surface area (Å²) in [5.41, 5.74) is 5.97. The van der Waals surface area contributed by atoms with Crippen LogP contribution in [0, 0.1) is 5.82 Å². The molecule has 0 bridgehead atoms. The molecule has 29 heavy (non-hydrogen) atoms. The maximum Gasteiger partial charge on any atom is 0.263 e. The number of rotatable bonds is 4. The molecular weight excluding hydrogens is 371 g/mol. The SMILES string of the molecule is CN.O=Cc1ccccc1Cn1c(N2CCCCC2)nc2ccc(F)cc2c1=O. The van der Waals surface area contributed by atoms with E-state index in [-0.39, 0.29) is 17.5 Å². The Labute approximate surface area is 168 Å². The zero-order chi connectivity index (χ0) is 20.8. The highest BCUT2D eigenvalue weighted by Gasteiger charge is 2.20. The molecule has 2 aromatic carbocycles. The first-order chi connectivity index (χ1) is 14.2. The van der Waals surface area contributed by atoms with Crippen LogP contribution in [0.5, 0.6) is 0 Å². The maximum absolute atomic E-state index is 13.7. The molecule has 4 rings (SSSR count). The second-order valence-corrected chi connectivity index (χ2v) is 6.83. The molecule has 0 saturated carbocycles. The number of nitrogens with two attached hydrogens (primary N) is 1. The van der Waals surface area contributed by atoms with Crippen LogP contribution in [0.1, 0.15) is 35.2 Å². The molecule has 0 radical (unpaired) electrons. The third-order valence-corrected chi connectivity index (χ3v) is 5.05. The van der Waals surface area contributed by atoms with E-state index in [1.165, 1.54) is 19.2 Å². The monoisotopic (exact) mass is 396 g/mol. The minimum absolute atomic E-state index is 0.221. The van der Waals surface area contributed by atoms with Crippen LogP contribution in [0.3, 0.4) is 0 Å². The van der Waals surface area contributed by atoms with Crippen molar-refractivity contribution >= 4 is 23.1 Å². The smallest absolute Gasteiger partial charge is 0.263 e. The Balaban J connectivity index is 0.00000117. The second kappa shape index (κ2) is 9.43. The summed E-state index contributed by atoms with van der Waals surface area (Å²) < 4.78 is 15.3. The number of anilines is 1. The summed E-state index contributed by atoms with van der Waals surface area (Å²) in [5, 5.41) is 0.249. The van der Waals surface area contributed by atoms with Crippen LogP contribution < -0.4 is 16.2 Å². The van der Waals surface area contributed by atoms with Crippen LogP contribution in [0.4, 0.5) is 10.3 Å². The fraction of sp³-hybridized carbons (Fsp3) is 0.318. The van der Waals surface area contributed by atoms with Gasteiger partial charge in [-0.2, -0.15) is 0 Å². The van der Waals surface area contributed by atoms with Gasteiger partial charge in [0.25, 0.3) is 5.56 Å². The normalized spacial score (nSPS) is 13.7. The Morgan fingerprint density at radius 2 is 1.83 bits per heavy atom. The van der Waals surface area contributed by atoms with Crippen LogP contribution >= 0.6 is 0 Å². The lowest BCUT2D eigenvalue weighted by molar-refractivity contribution is 0.112. The predicted molar refractivity (Wildman–Crippen MR) is 113 cm³/mol. The Kier molecular flexibility index (Phi) is 6.72. The van der Waals surface area contributed by atoms with Gasteiger partial charge in [-0.15, -0.1) is 0 Å². The quantitative estimate of drug-likeness (QED) is 0.686. The number of benzene rings is 2. The van der Waals surface area contributed by atoms with Gasteiger partial charge >= 0.3 is 0 Å². The lowest BCUT2D eigenvalue weighted by Crippen LogP contribution is -2.36. The van der Waals surface area contributed by atoms with Gasteiger partial charge in [0.15, 0.2) is 0 Å².